The van der Waals surface area contributed by atoms with Gasteiger partial charge in [0.15, 0.2) is 0 Å². The summed E-state index contributed by atoms with van der Waals surface area (Å²) in [5.74, 6) is 0.200. The predicted octanol–water partition coefficient (Wildman–Crippen LogP) is 5.62. The van der Waals surface area contributed by atoms with Crippen LogP contribution in [-0.4, -0.2) is 59.0 Å². The average molecular weight is 522 g/mol. The zero-order chi connectivity index (χ0) is 27.3. The number of carbonyl (C=O) groups is 3. The minimum absolute atomic E-state index is 0.0757. The molecule has 36 heavy (non-hydrogen) atoms. The van der Waals surface area contributed by atoms with E-state index < -0.39 is 23.8 Å². The minimum atomic E-state index is -0.795. The molecule has 1 aromatic rings. The van der Waals surface area contributed by atoms with Crippen LogP contribution in [0.15, 0.2) is 24.3 Å². The summed E-state index contributed by atoms with van der Waals surface area (Å²) in [6, 6.07) is 6.01. The molecule has 0 bridgehead atoms. The van der Waals surface area contributed by atoms with Gasteiger partial charge in [0.25, 0.3) is 0 Å². The van der Waals surface area contributed by atoms with Gasteiger partial charge in [-0.3, -0.25) is 9.59 Å². The van der Waals surface area contributed by atoms with Gasteiger partial charge in [-0.15, -0.1) is 0 Å². The van der Waals surface area contributed by atoms with Gasteiger partial charge >= 0.3 is 6.09 Å². The first-order valence-corrected chi connectivity index (χ1v) is 14.5. The molecule has 2 unspecified atom stereocenters. The number of amides is 3. The number of unbranched alkanes of at least 4 members (excludes halogenated alkanes) is 3. The second-order valence-electron chi connectivity index (χ2n) is 10.5. The number of ether oxygens (including phenoxy) is 1. The van der Waals surface area contributed by atoms with E-state index in [9.17, 15) is 14.4 Å². The Morgan fingerprint density at radius 3 is 2.28 bits per heavy atom. The lowest BCUT2D eigenvalue weighted by Gasteiger charge is -2.35. The number of aryl methyl sites for hydroxylation is 1. The molecule has 0 heterocycles. The maximum absolute atomic E-state index is 14.1. The first-order valence-electron chi connectivity index (χ1n) is 13.1. The quantitative estimate of drug-likeness (QED) is 0.311. The summed E-state index contributed by atoms with van der Waals surface area (Å²) in [5, 5.41) is 5.80. The Morgan fingerprint density at radius 2 is 1.72 bits per heavy atom. The molecule has 0 aromatic heterocycles. The van der Waals surface area contributed by atoms with Gasteiger partial charge in [-0.05, 0) is 77.5 Å². The summed E-state index contributed by atoms with van der Waals surface area (Å²) in [5.41, 5.74) is 1.05. The van der Waals surface area contributed by atoms with Gasteiger partial charge in [0.05, 0.1) is 0 Å². The Balaban J connectivity index is 3.45. The van der Waals surface area contributed by atoms with Gasteiger partial charge in [0.2, 0.25) is 11.8 Å². The molecule has 204 valence electrons. The lowest BCUT2D eigenvalue weighted by molar-refractivity contribution is -0.142. The van der Waals surface area contributed by atoms with Gasteiger partial charge in [-0.25, -0.2) is 4.79 Å². The molecule has 0 fully saturated rings. The number of nitrogens with zero attached hydrogens (tertiary/aromatic N) is 1. The Morgan fingerprint density at radius 1 is 1.06 bits per heavy atom. The third-order valence-corrected chi connectivity index (χ3v) is 6.25. The fraction of sp³-hybridized carbons (Fsp3) is 0.679. The van der Waals surface area contributed by atoms with Crippen molar-refractivity contribution in [2.45, 2.75) is 104 Å². The van der Waals surface area contributed by atoms with E-state index in [-0.39, 0.29) is 17.9 Å². The van der Waals surface area contributed by atoms with Crippen molar-refractivity contribution in [3.05, 3.63) is 35.4 Å². The molecular formula is C28H47N3O4S. The first-order chi connectivity index (χ1) is 16.9. The van der Waals surface area contributed by atoms with Crippen molar-refractivity contribution in [2.75, 3.05) is 18.6 Å². The van der Waals surface area contributed by atoms with E-state index in [1.54, 1.807) is 37.4 Å². The topological polar surface area (TPSA) is 87.7 Å². The van der Waals surface area contributed by atoms with Crippen molar-refractivity contribution >= 4 is 29.7 Å². The summed E-state index contributed by atoms with van der Waals surface area (Å²) in [6.07, 6.45) is 5.63. The van der Waals surface area contributed by atoms with Crippen LogP contribution in [0.2, 0.25) is 0 Å². The maximum atomic E-state index is 14.1. The number of benzene rings is 1. The molecule has 7 nitrogen and oxygen atoms in total. The molecular weight excluding hydrogens is 474 g/mol. The highest BCUT2D eigenvalue weighted by Crippen LogP contribution is 2.27. The van der Waals surface area contributed by atoms with Crippen molar-refractivity contribution < 1.29 is 19.1 Å². The highest BCUT2D eigenvalue weighted by atomic mass is 32.2. The van der Waals surface area contributed by atoms with Crippen molar-refractivity contribution in [1.29, 1.82) is 0 Å². The number of hydrogen-bond donors (Lipinski definition) is 2. The summed E-state index contributed by atoms with van der Waals surface area (Å²) in [6.45, 7) is 13.7. The van der Waals surface area contributed by atoms with Crippen LogP contribution in [0.3, 0.4) is 0 Å². The van der Waals surface area contributed by atoms with E-state index in [0.29, 0.717) is 18.7 Å². The van der Waals surface area contributed by atoms with Crippen molar-refractivity contribution in [1.82, 2.24) is 15.5 Å². The third-order valence-electron chi connectivity index (χ3n) is 5.61. The molecule has 0 spiro atoms. The fourth-order valence-electron chi connectivity index (χ4n) is 3.93. The molecule has 0 aliphatic carbocycles. The average Bonchev–Trinajstić information content (AvgIpc) is 2.77. The van der Waals surface area contributed by atoms with Gasteiger partial charge in [-0.2, -0.15) is 11.8 Å². The van der Waals surface area contributed by atoms with Crippen LogP contribution in [0.4, 0.5) is 4.79 Å². The van der Waals surface area contributed by atoms with Crippen molar-refractivity contribution in [3.63, 3.8) is 0 Å². The van der Waals surface area contributed by atoms with Crippen LogP contribution in [0.1, 0.15) is 90.8 Å². The van der Waals surface area contributed by atoms with Gasteiger partial charge in [0, 0.05) is 12.6 Å². The maximum Gasteiger partial charge on any atom is 0.408 e. The number of carbonyl (C=O) groups excluding carboxylic acids is 3. The second-order valence-corrected chi connectivity index (χ2v) is 11.5. The number of rotatable bonds is 14. The van der Waals surface area contributed by atoms with E-state index in [0.717, 1.165) is 36.8 Å². The largest absolute Gasteiger partial charge is 0.444 e. The molecule has 0 saturated carbocycles. The summed E-state index contributed by atoms with van der Waals surface area (Å²) in [4.78, 5) is 42.0. The first kappa shape index (κ1) is 31.8. The predicted molar refractivity (Wildman–Crippen MR) is 149 cm³/mol. The number of thioether (sulfide) groups is 1. The Bertz CT molecular complexity index is 838. The summed E-state index contributed by atoms with van der Waals surface area (Å²) in [7, 11) is 0. The van der Waals surface area contributed by atoms with E-state index in [1.165, 1.54) is 0 Å². The van der Waals surface area contributed by atoms with Crippen LogP contribution in [0.25, 0.3) is 0 Å². The molecule has 0 radical (unpaired) electrons. The SMILES string of the molecule is CCCCCCN(C(=O)C(CCSC)NC(=O)OC(C)(C)C)C(C(=O)NC(C)C)c1ccccc1C. The van der Waals surface area contributed by atoms with E-state index in [2.05, 4.69) is 17.6 Å². The molecule has 0 saturated heterocycles. The lowest BCUT2D eigenvalue weighted by Crippen LogP contribution is -2.54. The molecule has 2 N–H and O–H groups in total. The van der Waals surface area contributed by atoms with Crippen molar-refractivity contribution in [2.24, 2.45) is 0 Å². The van der Waals surface area contributed by atoms with Crippen LogP contribution < -0.4 is 10.6 Å². The normalized spacial score (nSPS) is 13.1. The lowest BCUT2D eigenvalue weighted by atomic mass is 9.97. The highest BCUT2D eigenvalue weighted by Gasteiger charge is 2.36. The summed E-state index contributed by atoms with van der Waals surface area (Å²) < 4.78 is 5.45. The molecule has 3 amide bonds. The third kappa shape index (κ3) is 11.2. The molecule has 1 aromatic carbocycles. The van der Waals surface area contributed by atoms with Crippen LogP contribution >= 0.6 is 11.8 Å². The van der Waals surface area contributed by atoms with Crippen LogP contribution in [0.5, 0.6) is 0 Å². The molecule has 1 rings (SSSR count). The molecule has 2 atom stereocenters. The minimum Gasteiger partial charge on any atom is -0.444 e. The number of nitrogens with one attached hydrogen (secondary N) is 2. The van der Waals surface area contributed by atoms with Crippen LogP contribution in [0, 0.1) is 6.92 Å². The molecule has 0 aliphatic heterocycles. The Hall–Kier alpha value is -2.22. The van der Waals surface area contributed by atoms with E-state index >= 15 is 0 Å². The van der Waals surface area contributed by atoms with Crippen molar-refractivity contribution in [3.8, 4) is 0 Å². The highest BCUT2D eigenvalue weighted by molar-refractivity contribution is 7.98. The fourth-order valence-corrected chi connectivity index (χ4v) is 4.40. The summed E-state index contributed by atoms with van der Waals surface area (Å²) >= 11 is 1.60. The zero-order valence-corrected chi connectivity index (χ0v) is 24.3. The Labute approximate surface area is 222 Å². The smallest absolute Gasteiger partial charge is 0.408 e. The number of alkyl carbamates (subject to hydrolysis) is 1. The molecule has 8 heteroatoms. The number of hydrogen-bond acceptors (Lipinski definition) is 5. The second kappa shape index (κ2) is 15.8. The van der Waals surface area contributed by atoms with Gasteiger partial charge in [0.1, 0.15) is 17.7 Å². The molecule has 0 aliphatic rings. The van der Waals surface area contributed by atoms with E-state index in [4.69, 9.17) is 4.74 Å². The monoisotopic (exact) mass is 521 g/mol. The van der Waals surface area contributed by atoms with Crippen LogP contribution in [-0.2, 0) is 14.3 Å². The van der Waals surface area contributed by atoms with Gasteiger partial charge in [-0.1, -0.05) is 50.5 Å². The standard InChI is InChI=1S/C28H47N3O4S/c1-9-10-11-14-18-31(24(25(32)29-20(2)3)22-16-13-12-15-21(22)4)26(33)23(17-19-36-8)30-27(34)35-28(5,6)7/h12-13,15-16,20,23-24H,9-11,14,17-19H2,1-8H3,(H,29,32)(H,30,34). The van der Waals surface area contributed by atoms with Gasteiger partial charge < -0.3 is 20.3 Å². The Kier molecular flexibility index (Phi) is 14.0. The van der Waals surface area contributed by atoms with E-state index in [1.807, 2.05) is 51.3 Å². The zero-order valence-electron chi connectivity index (χ0n) is 23.5.